The van der Waals surface area contributed by atoms with Crippen molar-refractivity contribution in [3.63, 3.8) is 0 Å². The van der Waals surface area contributed by atoms with Gasteiger partial charge in [-0.15, -0.1) is 0 Å². The van der Waals surface area contributed by atoms with Crippen molar-refractivity contribution in [2.75, 3.05) is 26.8 Å². The maximum Gasteiger partial charge on any atom is 0.251 e. The van der Waals surface area contributed by atoms with Crippen molar-refractivity contribution in [1.29, 1.82) is 0 Å². The lowest BCUT2D eigenvalue weighted by Gasteiger charge is -2.34. The van der Waals surface area contributed by atoms with Gasteiger partial charge in [0, 0.05) is 24.4 Å². The van der Waals surface area contributed by atoms with Crippen LogP contribution in [0.3, 0.4) is 0 Å². The average Bonchev–Trinajstić information content (AvgIpc) is 3.45. The summed E-state index contributed by atoms with van der Waals surface area (Å²) in [5.41, 5.74) is 0.494. The molecule has 4 atom stereocenters. The van der Waals surface area contributed by atoms with Crippen molar-refractivity contribution in [1.82, 2.24) is 4.90 Å². The summed E-state index contributed by atoms with van der Waals surface area (Å²) < 4.78 is 11.5. The second-order valence-corrected chi connectivity index (χ2v) is 9.76. The Balaban J connectivity index is 1.84. The van der Waals surface area contributed by atoms with E-state index in [-0.39, 0.29) is 17.7 Å². The van der Waals surface area contributed by atoms with Gasteiger partial charge in [0.05, 0.1) is 19.8 Å². The quantitative estimate of drug-likeness (QED) is 0.643. The van der Waals surface area contributed by atoms with E-state index in [1.807, 2.05) is 39.0 Å². The van der Waals surface area contributed by atoms with Gasteiger partial charge in [-0.2, -0.15) is 0 Å². The number of carbonyl (C=O) groups is 1. The van der Waals surface area contributed by atoms with Crippen molar-refractivity contribution in [2.45, 2.75) is 65.1 Å². The molecule has 2 N–H and O–H groups in total. The lowest BCUT2D eigenvalue weighted by molar-refractivity contribution is -0.140. The summed E-state index contributed by atoms with van der Waals surface area (Å²) in [5.74, 6) is 1.94. The number of benzene rings is 1. The summed E-state index contributed by atoms with van der Waals surface area (Å²) in [5, 5.41) is 21.0. The molecule has 1 aliphatic heterocycles. The van der Waals surface area contributed by atoms with Crippen LogP contribution in [0.1, 0.15) is 58.4 Å². The van der Waals surface area contributed by atoms with E-state index in [0.717, 1.165) is 5.56 Å². The predicted octanol–water partition coefficient (Wildman–Crippen LogP) is 3.20. The molecule has 0 aromatic heterocycles. The summed E-state index contributed by atoms with van der Waals surface area (Å²) in [6.45, 7) is 9.33. The Morgan fingerprint density at radius 3 is 2.50 bits per heavy atom. The summed E-state index contributed by atoms with van der Waals surface area (Å²) in [7, 11) is 1.63. The molecule has 2 aliphatic rings. The van der Waals surface area contributed by atoms with Gasteiger partial charge in [-0.25, -0.2) is 0 Å². The highest BCUT2D eigenvalue weighted by Gasteiger charge is 2.49. The molecule has 1 saturated carbocycles. The minimum Gasteiger partial charge on any atom is -0.493 e. The number of ether oxygens (including phenoxy) is 2. The molecule has 1 amide bonds. The van der Waals surface area contributed by atoms with Gasteiger partial charge in [0.2, 0.25) is 0 Å². The smallest absolute Gasteiger partial charge is 0.251 e. The third kappa shape index (κ3) is 4.92. The molecule has 1 aromatic carbocycles. The number of nitrogens with zero attached hydrogens (tertiary/aromatic N) is 1. The van der Waals surface area contributed by atoms with Gasteiger partial charge < -0.3 is 24.6 Å². The zero-order valence-corrected chi connectivity index (χ0v) is 18.9. The maximum absolute atomic E-state index is 12.9. The molecular weight excluding hydrogens is 382 g/mol. The van der Waals surface area contributed by atoms with E-state index in [4.69, 9.17) is 9.47 Å². The topological polar surface area (TPSA) is 79.2 Å². The summed E-state index contributed by atoms with van der Waals surface area (Å²) in [6.07, 6.45) is 1.24. The molecule has 6 heteroatoms. The first kappa shape index (κ1) is 22.9. The molecule has 0 bridgehead atoms. The van der Waals surface area contributed by atoms with E-state index in [1.165, 1.54) is 12.8 Å². The molecule has 168 valence electrons. The maximum atomic E-state index is 12.9. The second-order valence-electron chi connectivity index (χ2n) is 9.76. The molecule has 4 unspecified atom stereocenters. The Morgan fingerprint density at radius 1 is 1.23 bits per heavy atom. The number of rotatable bonds is 9. The molecule has 6 nitrogen and oxygen atoms in total. The van der Waals surface area contributed by atoms with Crippen LogP contribution in [0.15, 0.2) is 18.2 Å². The number of aliphatic hydroxyl groups is 2. The number of carbonyl (C=O) groups excluding carboxylic acids is 1. The highest BCUT2D eigenvalue weighted by atomic mass is 16.5. The van der Waals surface area contributed by atoms with E-state index >= 15 is 0 Å². The van der Waals surface area contributed by atoms with Gasteiger partial charge in [-0.1, -0.05) is 26.8 Å². The van der Waals surface area contributed by atoms with Crippen molar-refractivity contribution in [3.05, 3.63) is 23.8 Å². The minimum atomic E-state index is -1.00. The number of likely N-dealkylation sites (tertiary alicyclic amines) is 1. The fraction of sp³-hybridized carbons (Fsp3) is 0.708. The molecule has 1 heterocycles. The second kappa shape index (κ2) is 9.15. The van der Waals surface area contributed by atoms with Crippen molar-refractivity contribution < 1.29 is 24.5 Å². The Kier molecular flexibility index (Phi) is 6.98. The third-order valence-corrected chi connectivity index (χ3v) is 6.74. The van der Waals surface area contributed by atoms with Crippen LogP contribution in [0, 0.1) is 17.3 Å². The standard InChI is InChI=1S/C24H37NO5/c1-15(2)10-20(27)23(28)25-12-19(24(4,14-25)16(3)26)18-8-9-21(29-5)22(11-18)30-13-17-6-7-17/h8-9,11,15-17,19-20,26-27H,6-7,10,12-14H2,1-5H3. The minimum absolute atomic E-state index is 0.0677. The molecule has 0 spiro atoms. The van der Waals surface area contributed by atoms with Gasteiger partial charge in [-0.05, 0) is 55.7 Å². The summed E-state index contributed by atoms with van der Waals surface area (Å²) in [4.78, 5) is 14.6. The zero-order valence-electron chi connectivity index (χ0n) is 18.9. The van der Waals surface area contributed by atoms with Gasteiger partial charge in [0.15, 0.2) is 11.5 Å². The zero-order chi connectivity index (χ0) is 22.1. The summed E-state index contributed by atoms with van der Waals surface area (Å²) in [6, 6.07) is 5.88. The number of methoxy groups -OCH3 is 1. The van der Waals surface area contributed by atoms with Gasteiger partial charge >= 0.3 is 0 Å². The van der Waals surface area contributed by atoms with E-state index in [2.05, 4.69) is 0 Å². The molecule has 1 saturated heterocycles. The normalized spacial score (nSPS) is 26.0. The van der Waals surface area contributed by atoms with Crippen LogP contribution < -0.4 is 9.47 Å². The average molecular weight is 420 g/mol. The first-order chi connectivity index (χ1) is 14.2. The van der Waals surface area contributed by atoms with Crippen molar-refractivity contribution >= 4 is 5.91 Å². The van der Waals surface area contributed by atoms with Crippen molar-refractivity contribution in [2.24, 2.45) is 17.3 Å². The van der Waals surface area contributed by atoms with E-state index in [0.29, 0.717) is 43.5 Å². The van der Waals surface area contributed by atoms with Gasteiger partial charge in [-0.3, -0.25) is 4.79 Å². The highest BCUT2D eigenvalue weighted by molar-refractivity contribution is 5.81. The lowest BCUT2D eigenvalue weighted by Crippen LogP contribution is -2.41. The van der Waals surface area contributed by atoms with Crippen LogP contribution in [0.5, 0.6) is 11.5 Å². The lowest BCUT2D eigenvalue weighted by atomic mass is 9.72. The van der Waals surface area contributed by atoms with E-state index in [9.17, 15) is 15.0 Å². The Labute approximate surface area is 180 Å². The Morgan fingerprint density at radius 2 is 1.93 bits per heavy atom. The van der Waals surface area contributed by atoms with Crippen LogP contribution in [0.25, 0.3) is 0 Å². The first-order valence-corrected chi connectivity index (χ1v) is 11.1. The van der Waals surface area contributed by atoms with Crippen LogP contribution >= 0.6 is 0 Å². The molecular formula is C24H37NO5. The van der Waals surface area contributed by atoms with E-state index in [1.54, 1.807) is 18.9 Å². The molecule has 1 aromatic rings. The van der Waals surface area contributed by atoms with E-state index < -0.39 is 17.6 Å². The predicted molar refractivity (Wildman–Crippen MR) is 116 cm³/mol. The van der Waals surface area contributed by atoms with Crippen LogP contribution in [-0.2, 0) is 4.79 Å². The van der Waals surface area contributed by atoms with Crippen molar-refractivity contribution in [3.8, 4) is 11.5 Å². The fourth-order valence-corrected chi connectivity index (χ4v) is 4.37. The highest BCUT2D eigenvalue weighted by Crippen LogP contribution is 2.47. The van der Waals surface area contributed by atoms with Crippen LogP contribution in [-0.4, -0.2) is 60.0 Å². The number of hydrogen-bond donors (Lipinski definition) is 2. The number of amides is 1. The first-order valence-electron chi connectivity index (χ1n) is 11.1. The van der Waals surface area contributed by atoms with Gasteiger partial charge in [0.25, 0.3) is 5.91 Å². The van der Waals surface area contributed by atoms with Crippen LogP contribution in [0.2, 0.25) is 0 Å². The fourth-order valence-electron chi connectivity index (χ4n) is 4.37. The molecule has 2 fully saturated rings. The summed E-state index contributed by atoms with van der Waals surface area (Å²) >= 11 is 0. The largest absolute Gasteiger partial charge is 0.493 e. The monoisotopic (exact) mass is 419 g/mol. The molecule has 0 radical (unpaired) electrons. The molecule has 30 heavy (non-hydrogen) atoms. The Bertz CT molecular complexity index is 745. The number of aliphatic hydroxyl groups excluding tert-OH is 2. The molecule has 1 aliphatic carbocycles. The Hall–Kier alpha value is -1.79. The molecule has 3 rings (SSSR count). The SMILES string of the molecule is COc1ccc(C2CN(C(=O)C(O)CC(C)C)CC2(C)C(C)O)cc1OCC1CC1. The third-order valence-electron chi connectivity index (χ3n) is 6.74. The van der Waals surface area contributed by atoms with Gasteiger partial charge in [0.1, 0.15) is 6.10 Å². The number of hydrogen-bond acceptors (Lipinski definition) is 5. The van der Waals surface area contributed by atoms with Crippen LogP contribution in [0.4, 0.5) is 0 Å².